The molecule has 0 radical (unpaired) electrons. The van der Waals surface area contributed by atoms with Gasteiger partial charge in [0, 0.05) is 24.0 Å². The van der Waals surface area contributed by atoms with Gasteiger partial charge >= 0.3 is 5.97 Å². The fourth-order valence-corrected chi connectivity index (χ4v) is 6.52. The summed E-state index contributed by atoms with van der Waals surface area (Å²) in [6.45, 7) is 1.40. The highest BCUT2D eigenvalue weighted by Crippen LogP contribution is 2.58. The van der Waals surface area contributed by atoms with Crippen LogP contribution in [0.25, 0.3) is 0 Å². The van der Waals surface area contributed by atoms with Gasteiger partial charge < -0.3 is 9.64 Å². The predicted octanol–water partition coefficient (Wildman–Crippen LogP) is 3.93. The van der Waals surface area contributed by atoms with Crippen molar-refractivity contribution in [2.75, 3.05) is 25.2 Å². The van der Waals surface area contributed by atoms with E-state index in [1.165, 1.54) is 57.8 Å². The summed E-state index contributed by atoms with van der Waals surface area (Å²) in [5.41, 5.74) is 1.80. The Kier molecular flexibility index (Phi) is 4.04. The van der Waals surface area contributed by atoms with Crippen LogP contribution in [0, 0.1) is 23.6 Å². The summed E-state index contributed by atoms with van der Waals surface area (Å²) in [7, 11) is 1.44. The molecule has 4 aliphatic carbocycles. The minimum atomic E-state index is -0.267. The molecule has 0 N–H and O–H groups in total. The molecule has 1 aromatic carbocycles. The van der Waals surface area contributed by atoms with E-state index in [1.807, 2.05) is 6.20 Å². The third-order valence-corrected chi connectivity index (χ3v) is 7.28. The molecule has 0 atom stereocenters. The number of halogens is 1. The molecule has 1 heterocycles. The number of methoxy groups -OCH3 is 1. The first kappa shape index (κ1) is 17.2. The maximum absolute atomic E-state index is 13.4. The molecule has 0 unspecified atom stereocenters. The number of hydrogen-bond donors (Lipinski definition) is 0. The Hall–Kier alpha value is -1.88. The van der Waals surface area contributed by atoms with Crippen LogP contribution >= 0.6 is 0 Å². The number of carbonyl (C=O) groups is 1. The summed E-state index contributed by atoms with van der Waals surface area (Å²) >= 11 is 0. The number of rotatable bonds is 3. The molecule has 1 aromatic rings. The van der Waals surface area contributed by atoms with Gasteiger partial charge in [0.2, 0.25) is 0 Å². The van der Waals surface area contributed by atoms with Crippen LogP contribution in [0.3, 0.4) is 0 Å². The molecule has 0 spiro atoms. The average Bonchev–Trinajstić information content (AvgIpc) is 2.66. The van der Waals surface area contributed by atoms with Gasteiger partial charge in [0.25, 0.3) is 0 Å². The Labute approximate surface area is 160 Å². The fourth-order valence-electron chi connectivity index (χ4n) is 6.52. The fraction of sp³-hybridized carbons (Fsp3) is 0.591. The lowest BCUT2D eigenvalue weighted by Gasteiger charge is -2.61. The second-order valence-corrected chi connectivity index (χ2v) is 9.07. The van der Waals surface area contributed by atoms with Gasteiger partial charge in [-0.2, -0.15) is 0 Å². The van der Waals surface area contributed by atoms with Crippen LogP contribution in [0.1, 0.15) is 38.5 Å². The van der Waals surface area contributed by atoms with E-state index in [0.29, 0.717) is 12.1 Å². The van der Waals surface area contributed by atoms with E-state index in [2.05, 4.69) is 9.80 Å². The van der Waals surface area contributed by atoms with Crippen LogP contribution in [-0.4, -0.2) is 36.7 Å². The average molecular weight is 370 g/mol. The van der Waals surface area contributed by atoms with Gasteiger partial charge in [-0.1, -0.05) is 0 Å². The van der Waals surface area contributed by atoms with Crippen molar-refractivity contribution in [3.05, 3.63) is 41.9 Å². The molecule has 4 fully saturated rings. The van der Waals surface area contributed by atoms with Gasteiger partial charge in [-0.05, 0) is 80.5 Å². The van der Waals surface area contributed by atoms with Crippen LogP contribution in [0.4, 0.5) is 10.1 Å². The molecular weight excluding hydrogens is 343 g/mol. The Bertz CT molecular complexity index is 738. The molecule has 1 aliphatic heterocycles. The lowest BCUT2D eigenvalue weighted by atomic mass is 9.52. The zero-order valence-corrected chi connectivity index (χ0v) is 15.9. The van der Waals surface area contributed by atoms with E-state index >= 15 is 0 Å². The molecule has 6 rings (SSSR count). The second-order valence-electron chi connectivity index (χ2n) is 9.07. The minimum absolute atomic E-state index is 0.209. The standard InChI is InChI=1S/C22H27FN2O2/c1-27-21(26)18-12-24(20-4-2-19(23)3-5-20)14-25(13-18)22-9-15-6-16(10-22)8-17(7-15)11-22/h2-5,12,15-17H,6-11,13-14H2,1H3. The lowest BCUT2D eigenvalue weighted by Crippen LogP contribution is -2.63. The SMILES string of the molecule is COC(=O)C1=CN(c2ccc(F)cc2)CN(C23CC4CC(CC(C4)C2)C3)C1. The van der Waals surface area contributed by atoms with Gasteiger partial charge in [-0.25, -0.2) is 9.18 Å². The second kappa shape index (κ2) is 6.33. The van der Waals surface area contributed by atoms with E-state index in [9.17, 15) is 9.18 Å². The minimum Gasteiger partial charge on any atom is -0.466 e. The highest BCUT2D eigenvalue weighted by molar-refractivity contribution is 5.89. The highest BCUT2D eigenvalue weighted by Gasteiger charge is 2.54. The molecular formula is C22H27FN2O2. The molecule has 0 aromatic heterocycles. The molecule has 0 amide bonds. The van der Waals surface area contributed by atoms with Gasteiger partial charge in [-0.15, -0.1) is 0 Å². The number of anilines is 1. The number of esters is 1. The molecule has 4 nitrogen and oxygen atoms in total. The first-order valence-electron chi connectivity index (χ1n) is 10.1. The summed E-state index contributed by atoms with van der Waals surface area (Å²) in [5.74, 6) is 2.04. The third kappa shape index (κ3) is 2.96. The zero-order chi connectivity index (χ0) is 18.6. The Morgan fingerprint density at radius 1 is 1.07 bits per heavy atom. The molecule has 0 saturated heterocycles. The maximum atomic E-state index is 13.4. The molecule has 4 saturated carbocycles. The van der Waals surface area contributed by atoms with Crippen molar-refractivity contribution in [2.24, 2.45) is 17.8 Å². The number of ether oxygens (including phenoxy) is 1. The van der Waals surface area contributed by atoms with Crippen molar-refractivity contribution in [3.63, 3.8) is 0 Å². The molecule has 27 heavy (non-hydrogen) atoms. The van der Waals surface area contributed by atoms with E-state index in [4.69, 9.17) is 4.74 Å². The summed E-state index contributed by atoms with van der Waals surface area (Å²) in [6, 6.07) is 6.52. The first-order valence-corrected chi connectivity index (χ1v) is 10.1. The lowest BCUT2D eigenvalue weighted by molar-refractivity contribution is -0.137. The largest absolute Gasteiger partial charge is 0.466 e. The number of hydrogen-bond acceptors (Lipinski definition) is 4. The summed E-state index contributed by atoms with van der Waals surface area (Å²) in [6.07, 6.45) is 9.84. The Morgan fingerprint density at radius 3 is 2.22 bits per heavy atom. The van der Waals surface area contributed by atoms with E-state index in [0.717, 1.165) is 30.1 Å². The van der Waals surface area contributed by atoms with Gasteiger partial charge in [0.1, 0.15) is 5.82 Å². The smallest absolute Gasteiger partial charge is 0.336 e. The summed E-state index contributed by atoms with van der Waals surface area (Å²) < 4.78 is 18.4. The van der Waals surface area contributed by atoms with Crippen molar-refractivity contribution >= 4 is 11.7 Å². The number of nitrogens with zero attached hydrogens (tertiary/aromatic N) is 2. The summed E-state index contributed by atoms with van der Waals surface area (Å²) in [5, 5.41) is 0. The van der Waals surface area contributed by atoms with Crippen molar-refractivity contribution in [1.82, 2.24) is 4.90 Å². The van der Waals surface area contributed by atoms with Crippen LogP contribution in [0.2, 0.25) is 0 Å². The molecule has 4 bridgehead atoms. The van der Waals surface area contributed by atoms with Crippen LogP contribution in [-0.2, 0) is 9.53 Å². The molecule has 5 heteroatoms. The predicted molar refractivity (Wildman–Crippen MR) is 101 cm³/mol. The quantitative estimate of drug-likeness (QED) is 0.755. The Balaban J connectivity index is 1.47. The van der Waals surface area contributed by atoms with Crippen molar-refractivity contribution in [1.29, 1.82) is 0 Å². The van der Waals surface area contributed by atoms with Gasteiger partial charge in [0.15, 0.2) is 0 Å². The van der Waals surface area contributed by atoms with Gasteiger partial charge in [-0.3, -0.25) is 4.90 Å². The van der Waals surface area contributed by atoms with Crippen LogP contribution in [0.5, 0.6) is 0 Å². The number of carbonyl (C=O) groups excluding carboxylic acids is 1. The molecule has 5 aliphatic rings. The van der Waals surface area contributed by atoms with Crippen LogP contribution < -0.4 is 4.90 Å². The summed E-state index contributed by atoms with van der Waals surface area (Å²) in [4.78, 5) is 17.0. The van der Waals surface area contributed by atoms with Gasteiger partial charge in [0.05, 0.1) is 19.4 Å². The van der Waals surface area contributed by atoms with Crippen LogP contribution in [0.15, 0.2) is 36.0 Å². The highest BCUT2D eigenvalue weighted by atomic mass is 19.1. The van der Waals surface area contributed by atoms with E-state index in [1.54, 1.807) is 12.1 Å². The Morgan fingerprint density at radius 2 is 1.67 bits per heavy atom. The third-order valence-electron chi connectivity index (χ3n) is 7.28. The number of benzene rings is 1. The first-order chi connectivity index (χ1) is 13.0. The monoisotopic (exact) mass is 370 g/mol. The van der Waals surface area contributed by atoms with E-state index < -0.39 is 0 Å². The topological polar surface area (TPSA) is 32.8 Å². The zero-order valence-electron chi connectivity index (χ0n) is 15.9. The molecule has 144 valence electrons. The van der Waals surface area contributed by atoms with Crippen molar-refractivity contribution < 1.29 is 13.9 Å². The van der Waals surface area contributed by atoms with Crippen molar-refractivity contribution in [2.45, 2.75) is 44.1 Å². The van der Waals surface area contributed by atoms with Crippen molar-refractivity contribution in [3.8, 4) is 0 Å². The maximum Gasteiger partial charge on any atom is 0.336 e. The van der Waals surface area contributed by atoms with E-state index in [-0.39, 0.29) is 17.3 Å². The normalized spacial score (nSPS) is 35.3.